The summed E-state index contributed by atoms with van der Waals surface area (Å²) in [6.45, 7) is 2.92. The molecule has 2 N–H and O–H groups in total. The molecular formula is C10H21NOS. The lowest BCUT2D eigenvalue weighted by Gasteiger charge is -2.02. The van der Waals surface area contributed by atoms with Crippen LogP contribution in [0.1, 0.15) is 51.9 Å². The number of hydrogen-bond acceptors (Lipinski definition) is 2. The van der Waals surface area contributed by atoms with Crippen LogP contribution in [0.5, 0.6) is 0 Å². The predicted octanol–water partition coefficient (Wildman–Crippen LogP) is 3.00. The van der Waals surface area contributed by atoms with Crippen LogP contribution in [0.2, 0.25) is 0 Å². The van der Waals surface area contributed by atoms with E-state index in [9.17, 15) is 0 Å². The van der Waals surface area contributed by atoms with Crippen LogP contribution >= 0.6 is 12.2 Å². The normalized spacial score (nSPS) is 9.92. The van der Waals surface area contributed by atoms with Crippen molar-refractivity contribution in [1.82, 2.24) is 0 Å². The first-order valence-corrected chi connectivity index (χ1v) is 5.60. The van der Waals surface area contributed by atoms with E-state index in [1.165, 1.54) is 38.5 Å². The fraction of sp³-hybridized carbons (Fsp3) is 0.900. The topological polar surface area (TPSA) is 35.2 Å². The maximum Gasteiger partial charge on any atom is 0.253 e. The molecule has 0 spiro atoms. The Hall–Kier alpha value is -0.310. The minimum Gasteiger partial charge on any atom is -0.471 e. The van der Waals surface area contributed by atoms with Crippen molar-refractivity contribution in [1.29, 1.82) is 0 Å². The zero-order valence-electron chi connectivity index (χ0n) is 8.55. The lowest BCUT2D eigenvalue weighted by atomic mass is 10.1. The van der Waals surface area contributed by atoms with Gasteiger partial charge in [-0.2, -0.15) is 0 Å². The predicted molar refractivity (Wildman–Crippen MR) is 60.7 cm³/mol. The van der Waals surface area contributed by atoms with E-state index < -0.39 is 0 Å². The van der Waals surface area contributed by atoms with Crippen LogP contribution in [0.15, 0.2) is 0 Å². The lowest BCUT2D eigenvalue weighted by molar-refractivity contribution is 0.295. The van der Waals surface area contributed by atoms with Crippen molar-refractivity contribution in [2.45, 2.75) is 51.9 Å². The smallest absolute Gasteiger partial charge is 0.253 e. The second kappa shape index (κ2) is 9.78. The van der Waals surface area contributed by atoms with Gasteiger partial charge in [0.25, 0.3) is 5.17 Å². The van der Waals surface area contributed by atoms with E-state index in [0.29, 0.717) is 6.61 Å². The van der Waals surface area contributed by atoms with Gasteiger partial charge in [0.15, 0.2) is 0 Å². The quantitative estimate of drug-likeness (QED) is 0.486. The van der Waals surface area contributed by atoms with Gasteiger partial charge in [-0.1, -0.05) is 45.4 Å². The molecule has 0 aliphatic heterocycles. The molecule has 0 aliphatic carbocycles. The molecule has 0 aliphatic rings. The molecule has 0 saturated carbocycles. The van der Waals surface area contributed by atoms with Crippen molar-refractivity contribution in [3.63, 3.8) is 0 Å². The van der Waals surface area contributed by atoms with Crippen molar-refractivity contribution in [2.24, 2.45) is 5.73 Å². The molecule has 0 atom stereocenters. The Bertz CT molecular complexity index is 128. The number of hydrogen-bond donors (Lipinski definition) is 1. The summed E-state index contributed by atoms with van der Waals surface area (Å²) in [6, 6.07) is 0. The van der Waals surface area contributed by atoms with Gasteiger partial charge in [0.2, 0.25) is 0 Å². The Morgan fingerprint density at radius 1 is 1.08 bits per heavy atom. The molecule has 0 fully saturated rings. The summed E-state index contributed by atoms with van der Waals surface area (Å²) in [7, 11) is 0. The van der Waals surface area contributed by atoms with Crippen LogP contribution in [-0.4, -0.2) is 11.8 Å². The molecule has 0 aromatic rings. The van der Waals surface area contributed by atoms with Crippen molar-refractivity contribution in [3.05, 3.63) is 0 Å². The molecule has 3 heteroatoms. The Labute approximate surface area is 86.8 Å². The van der Waals surface area contributed by atoms with E-state index in [-0.39, 0.29) is 5.17 Å². The molecule has 0 aromatic heterocycles. The van der Waals surface area contributed by atoms with Gasteiger partial charge in [-0.3, -0.25) is 0 Å². The van der Waals surface area contributed by atoms with Gasteiger partial charge in [0.1, 0.15) is 0 Å². The third-order valence-electron chi connectivity index (χ3n) is 1.99. The summed E-state index contributed by atoms with van der Waals surface area (Å²) < 4.78 is 4.98. The van der Waals surface area contributed by atoms with Crippen LogP contribution in [0, 0.1) is 0 Å². The summed E-state index contributed by atoms with van der Waals surface area (Å²) in [6.07, 6.45) is 9.00. The van der Waals surface area contributed by atoms with Gasteiger partial charge in [0, 0.05) is 0 Å². The van der Waals surface area contributed by atoms with Crippen molar-refractivity contribution < 1.29 is 4.74 Å². The van der Waals surface area contributed by atoms with Gasteiger partial charge in [0.05, 0.1) is 6.61 Å². The third kappa shape index (κ3) is 11.7. The highest BCUT2D eigenvalue weighted by molar-refractivity contribution is 7.80. The van der Waals surface area contributed by atoms with Crippen LogP contribution < -0.4 is 5.73 Å². The van der Waals surface area contributed by atoms with Crippen LogP contribution in [-0.2, 0) is 4.74 Å². The van der Waals surface area contributed by atoms with Gasteiger partial charge >= 0.3 is 0 Å². The zero-order chi connectivity index (χ0) is 9.94. The minimum atomic E-state index is 0.172. The van der Waals surface area contributed by atoms with E-state index in [0.717, 1.165) is 6.42 Å². The molecule has 78 valence electrons. The SMILES string of the molecule is CCCCCCCCCOC(N)=S. The molecule has 0 saturated heterocycles. The summed E-state index contributed by atoms with van der Waals surface area (Å²) in [5, 5.41) is 0.172. The number of thiocarbonyl (C=S) groups is 1. The van der Waals surface area contributed by atoms with Crippen molar-refractivity contribution >= 4 is 17.4 Å². The van der Waals surface area contributed by atoms with Gasteiger partial charge in [-0.25, -0.2) is 0 Å². The van der Waals surface area contributed by atoms with Gasteiger partial charge in [-0.15, -0.1) is 0 Å². The van der Waals surface area contributed by atoms with Crippen LogP contribution in [0.25, 0.3) is 0 Å². The highest BCUT2D eigenvalue weighted by Crippen LogP contribution is 2.06. The maximum atomic E-state index is 5.18. The fourth-order valence-electron chi connectivity index (χ4n) is 1.23. The average Bonchev–Trinajstić information content (AvgIpc) is 2.09. The summed E-state index contributed by atoms with van der Waals surface area (Å²) >= 11 is 4.59. The molecule has 0 aromatic carbocycles. The molecule has 0 unspecified atom stereocenters. The Morgan fingerprint density at radius 2 is 1.62 bits per heavy atom. The van der Waals surface area contributed by atoms with E-state index in [4.69, 9.17) is 10.5 Å². The molecule has 2 nitrogen and oxygen atoms in total. The molecule has 0 rings (SSSR count). The largest absolute Gasteiger partial charge is 0.471 e. The Morgan fingerprint density at radius 3 is 2.15 bits per heavy atom. The first-order valence-electron chi connectivity index (χ1n) is 5.19. The number of nitrogens with two attached hydrogens (primary N) is 1. The fourth-order valence-corrected chi connectivity index (χ4v) is 1.32. The maximum absolute atomic E-state index is 5.18. The summed E-state index contributed by atoms with van der Waals surface area (Å²) in [5.41, 5.74) is 5.18. The Balaban J connectivity index is 2.87. The van der Waals surface area contributed by atoms with Crippen LogP contribution in [0.4, 0.5) is 0 Å². The highest BCUT2D eigenvalue weighted by Gasteiger charge is 1.92. The monoisotopic (exact) mass is 203 g/mol. The summed E-state index contributed by atoms with van der Waals surface area (Å²) in [4.78, 5) is 0. The van der Waals surface area contributed by atoms with E-state index >= 15 is 0 Å². The number of unbranched alkanes of at least 4 members (excludes halogenated alkanes) is 6. The van der Waals surface area contributed by atoms with E-state index in [2.05, 4.69) is 19.1 Å². The van der Waals surface area contributed by atoms with Gasteiger partial charge < -0.3 is 10.5 Å². The van der Waals surface area contributed by atoms with Crippen molar-refractivity contribution in [2.75, 3.05) is 6.61 Å². The van der Waals surface area contributed by atoms with E-state index in [1.807, 2.05) is 0 Å². The molecule has 0 heterocycles. The highest BCUT2D eigenvalue weighted by atomic mass is 32.1. The minimum absolute atomic E-state index is 0.172. The molecule has 0 radical (unpaired) electrons. The zero-order valence-corrected chi connectivity index (χ0v) is 9.37. The molecule has 0 amide bonds. The number of ether oxygens (including phenoxy) is 1. The van der Waals surface area contributed by atoms with Gasteiger partial charge in [-0.05, 0) is 18.6 Å². The molecular weight excluding hydrogens is 182 g/mol. The number of rotatable bonds is 8. The third-order valence-corrected chi connectivity index (χ3v) is 2.11. The van der Waals surface area contributed by atoms with Crippen LogP contribution in [0.3, 0.4) is 0 Å². The summed E-state index contributed by atoms with van der Waals surface area (Å²) in [5.74, 6) is 0. The Kier molecular flexibility index (Phi) is 9.54. The first-order chi connectivity index (χ1) is 6.27. The van der Waals surface area contributed by atoms with Crippen molar-refractivity contribution in [3.8, 4) is 0 Å². The second-order valence-corrected chi connectivity index (χ2v) is 3.69. The standard InChI is InChI=1S/C10H21NOS/c1-2-3-4-5-6-7-8-9-12-10(11)13/h2-9H2,1H3,(H2,11,13). The average molecular weight is 203 g/mol. The second-order valence-electron chi connectivity index (χ2n) is 3.29. The molecule has 0 bridgehead atoms. The first kappa shape index (κ1) is 12.7. The molecule has 13 heavy (non-hydrogen) atoms. The lowest BCUT2D eigenvalue weighted by Crippen LogP contribution is -2.13. The van der Waals surface area contributed by atoms with E-state index in [1.54, 1.807) is 0 Å².